The molecule has 1 aliphatic heterocycles. The molecule has 0 radical (unpaired) electrons. The van der Waals surface area contributed by atoms with Crippen LogP contribution in [0.15, 0.2) is 89.8 Å². The summed E-state index contributed by atoms with van der Waals surface area (Å²) in [6, 6.07) is 8.18. The van der Waals surface area contributed by atoms with Crippen LogP contribution in [-0.4, -0.2) is 101 Å². The minimum Gasteiger partial charge on any atom is -0.490 e. The maximum absolute atomic E-state index is 13.3. The summed E-state index contributed by atoms with van der Waals surface area (Å²) in [6.07, 6.45) is 5.05. The van der Waals surface area contributed by atoms with Crippen molar-refractivity contribution in [2.45, 2.75) is 111 Å². The molecule has 11 unspecified atom stereocenters. The average Bonchev–Trinajstić information content (AvgIpc) is 3.20. The lowest BCUT2D eigenvalue weighted by Crippen LogP contribution is -2.51. The molecule has 1 heterocycles. The van der Waals surface area contributed by atoms with Crippen LogP contribution < -0.4 is 5.32 Å². The number of aliphatic hydroxyl groups is 4. The number of aliphatic hydroxyl groups excluding tert-OH is 4. The van der Waals surface area contributed by atoms with Gasteiger partial charge in [-0.15, -0.1) is 0 Å². The SMILES string of the molecule is CCC(C(=O)NC(O)C(O)C(C)C(=O)C(C)C(O)CC(=O)C(C)=CCC1OC(=O)C(OC)=CC(C)=CC(C)C(O)C(C)CC=CC=CC1OC)C(=O)c1ccccc1. The van der Waals surface area contributed by atoms with Crippen LogP contribution >= 0.6 is 0 Å². The van der Waals surface area contributed by atoms with Crippen molar-refractivity contribution in [3.63, 3.8) is 0 Å². The van der Waals surface area contributed by atoms with Crippen molar-refractivity contribution in [1.29, 1.82) is 0 Å². The molecule has 58 heavy (non-hydrogen) atoms. The van der Waals surface area contributed by atoms with Crippen molar-refractivity contribution in [3.8, 4) is 0 Å². The number of hydrogen-bond acceptors (Lipinski definition) is 12. The summed E-state index contributed by atoms with van der Waals surface area (Å²) in [7, 11) is 2.79. The zero-order chi connectivity index (χ0) is 43.7. The van der Waals surface area contributed by atoms with Crippen molar-refractivity contribution in [1.82, 2.24) is 5.32 Å². The highest BCUT2D eigenvalue weighted by Gasteiger charge is 2.36. The van der Waals surface area contributed by atoms with Gasteiger partial charge < -0.3 is 40.0 Å². The maximum atomic E-state index is 13.3. The van der Waals surface area contributed by atoms with Gasteiger partial charge in [-0.2, -0.15) is 0 Å². The third-order valence-corrected chi connectivity index (χ3v) is 10.6. The zero-order valence-corrected chi connectivity index (χ0v) is 35.2. The summed E-state index contributed by atoms with van der Waals surface area (Å²) >= 11 is 0. The largest absolute Gasteiger partial charge is 0.490 e. The van der Waals surface area contributed by atoms with E-state index in [9.17, 15) is 44.4 Å². The fourth-order valence-electron chi connectivity index (χ4n) is 6.58. The summed E-state index contributed by atoms with van der Waals surface area (Å²) in [6.45, 7) is 11.5. The number of amides is 1. The average molecular weight is 810 g/mol. The van der Waals surface area contributed by atoms with Crippen LogP contribution in [0, 0.1) is 29.6 Å². The molecule has 1 amide bonds. The second-order valence-electron chi connectivity index (χ2n) is 15.1. The number of ketones is 3. The molecule has 11 atom stereocenters. The minimum absolute atomic E-state index is 0.0369. The number of carbonyl (C=O) groups excluding carboxylic acids is 5. The van der Waals surface area contributed by atoms with E-state index in [-0.39, 0.29) is 36.0 Å². The van der Waals surface area contributed by atoms with Crippen LogP contribution in [0.5, 0.6) is 0 Å². The fourth-order valence-corrected chi connectivity index (χ4v) is 6.58. The number of methoxy groups -OCH3 is 2. The Bertz CT molecular complexity index is 1700. The molecule has 0 saturated heterocycles. The Labute approximate surface area is 342 Å². The molecule has 5 N–H and O–H groups in total. The topological polar surface area (TPSA) is 206 Å². The molecule has 0 aromatic heterocycles. The summed E-state index contributed by atoms with van der Waals surface area (Å²) < 4.78 is 16.9. The van der Waals surface area contributed by atoms with Gasteiger partial charge in [0.05, 0.1) is 19.3 Å². The van der Waals surface area contributed by atoms with Gasteiger partial charge in [0, 0.05) is 43.3 Å². The molecule has 0 aliphatic carbocycles. The van der Waals surface area contributed by atoms with E-state index in [1.807, 2.05) is 32.1 Å². The van der Waals surface area contributed by atoms with E-state index in [1.54, 1.807) is 62.4 Å². The lowest BCUT2D eigenvalue weighted by molar-refractivity contribution is -0.153. The number of esters is 1. The van der Waals surface area contributed by atoms with E-state index in [0.717, 1.165) is 0 Å². The highest BCUT2D eigenvalue weighted by Crippen LogP contribution is 2.23. The van der Waals surface area contributed by atoms with Gasteiger partial charge in [0.1, 0.15) is 30.0 Å². The summed E-state index contributed by atoms with van der Waals surface area (Å²) in [4.78, 5) is 65.7. The Balaban J connectivity index is 2.16. The highest BCUT2D eigenvalue weighted by atomic mass is 16.6. The minimum atomic E-state index is -1.90. The Morgan fingerprint density at radius 1 is 1.02 bits per heavy atom. The number of hydrogen-bond donors (Lipinski definition) is 5. The van der Waals surface area contributed by atoms with Crippen molar-refractivity contribution >= 4 is 29.2 Å². The van der Waals surface area contributed by atoms with Crippen LogP contribution in [0.25, 0.3) is 0 Å². The molecule has 0 spiro atoms. The molecule has 1 aromatic rings. The standard InChI is InChI=1S/C45H63NO12/c1-10-33(42(52)32-18-14-12-15-19-32)43(53)46-44(54)41(51)31(7)40(50)30(6)35(48)25-34(47)27(3)21-22-37-36(56-8)20-16-11-13-17-28(4)39(49)29(5)23-26(2)24-38(57-9)45(55)58-37/h11-16,18-21,23-24,28-31,33,35-37,39,41,44,48-49,51,54H,10,17,22,25H2,1-9H3,(H,46,53). The first-order valence-corrected chi connectivity index (χ1v) is 19.7. The van der Waals surface area contributed by atoms with Crippen molar-refractivity contribution in [3.05, 3.63) is 95.3 Å². The van der Waals surface area contributed by atoms with Crippen LogP contribution in [0.3, 0.4) is 0 Å². The Morgan fingerprint density at radius 2 is 1.67 bits per heavy atom. The predicted octanol–water partition coefficient (Wildman–Crippen LogP) is 4.74. The van der Waals surface area contributed by atoms with Gasteiger partial charge in [-0.3, -0.25) is 19.2 Å². The molecule has 1 aliphatic rings. The molecule has 2 rings (SSSR count). The molecule has 0 saturated carbocycles. The Kier molecular flexibility index (Phi) is 20.9. The third-order valence-electron chi connectivity index (χ3n) is 10.6. The Morgan fingerprint density at radius 3 is 2.28 bits per heavy atom. The van der Waals surface area contributed by atoms with Crippen LogP contribution in [-0.2, 0) is 33.4 Å². The maximum Gasteiger partial charge on any atom is 0.373 e. The van der Waals surface area contributed by atoms with Gasteiger partial charge in [0.2, 0.25) is 11.7 Å². The number of Topliss-reactive ketones (excluding diaryl/α,β-unsaturated/α-hetero) is 3. The summed E-state index contributed by atoms with van der Waals surface area (Å²) in [5.74, 6) is -7.06. The Hall–Kier alpha value is -4.53. The van der Waals surface area contributed by atoms with E-state index in [2.05, 4.69) is 5.32 Å². The molecular weight excluding hydrogens is 746 g/mol. The molecule has 320 valence electrons. The number of carbonyl (C=O) groups is 5. The highest BCUT2D eigenvalue weighted by molar-refractivity contribution is 6.10. The van der Waals surface area contributed by atoms with Gasteiger partial charge >= 0.3 is 5.97 Å². The summed E-state index contributed by atoms with van der Waals surface area (Å²) in [5.41, 5.74) is 1.23. The normalized spacial score (nSPS) is 24.2. The van der Waals surface area contributed by atoms with E-state index >= 15 is 0 Å². The van der Waals surface area contributed by atoms with E-state index in [4.69, 9.17) is 14.2 Å². The molecular formula is C45H63NO12. The number of ether oxygens (including phenoxy) is 3. The van der Waals surface area contributed by atoms with Crippen molar-refractivity contribution in [2.24, 2.45) is 29.6 Å². The molecule has 0 bridgehead atoms. The van der Waals surface area contributed by atoms with Crippen molar-refractivity contribution in [2.75, 3.05) is 14.2 Å². The number of rotatable bonds is 17. The lowest BCUT2D eigenvalue weighted by atomic mass is 9.85. The number of nitrogens with one attached hydrogen (secondary N) is 1. The zero-order valence-electron chi connectivity index (χ0n) is 35.2. The molecule has 0 fully saturated rings. The molecule has 13 heteroatoms. The van der Waals surface area contributed by atoms with Crippen molar-refractivity contribution < 1.29 is 58.6 Å². The molecule has 1 aromatic carbocycles. The van der Waals surface area contributed by atoms with Gasteiger partial charge in [-0.25, -0.2) is 4.79 Å². The first kappa shape index (κ1) is 49.6. The smallest absolute Gasteiger partial charge is 0.373 e. The van der Waals surface area contributed by atoms with Gasteiger partial charge in [0.15, 0.2) is 17.8 Å². The fraction of sp³-hybridized carbons (Fsp3) is 0.533. The molecule has 13 nitrogen and oxygen atoms in total. The van der Waals surface area contributed by atoms with Gasteiger partial charge in [-0.1, -0.05) is 107 Å². The lowest BCUT2D eigenvalue weighted by Gasteiger charge is -2.28. The van der Waals surface area contributed by atoms with Crippen LogP contribution in [0.2, 0.25) is 0 Å². The van der Waals surface area contributed by atoms with Crippen LogP contribution in [0.1, 0.15) is 84.5 Å². The van der Waals surface area contributed by atoms with Gasteiger partial charge in [-0.05, 0) is 44.3 Å². The number of allylic oxidation sites excluding steroid dienone is 6. The quantitative estimate of drug-likeness (QED) is 0.0476. The first-order valence-electron chi connectivity index (χ1n) is 19.7. The number of benzene rings is 1. The second kappa shape index (κ2) is 24.4. The third kappa shape index (κ3) is 14.7. The number of cyclic esters (lactones) is 1. The van der Waals surface area contributed by atoms with Crippen LogP contribution in [0.4, 0.5) is 0 Å². The van der Waals surface area contributed by atoms with Gasteiger partial charge in [0.25, 0.3) is 0 Å². The van der Waals surface area contributed by atoms with E-state index in [1.165, 1.54) is 41.1 Å². The monoisotopic (exact) mass is 809 g/mol. The first-order chi connectivity index (χ1) is 27.4. The van der Waals surface area contributed by atoms with E-state index < -0.39 is 90.1 Å². The summed E-state index contributed by atoms with van der Waals surface area (Å²) in [5, 5.41) is 45.4. The second-order valence-corrected chi connectivity index (χ2v) is 15.1. The van der Waals surface area contributed by atoms with E-state index in [0.29, 0.717) is 17.6 Å². The predicted molar refractivity (Wildman–Crippen MR) is 219 cm³/mol.